The minimum atomic E-state index is -1.37. The lowest BCUT2D eigenvalue weighted by Crippen LogP contribution is -2.86. The summed E-state index contributed by atoms with van der Waals surface area (Å²) >= 11 is 0. The van der Waals surface area contributed by atoms with Crippen LogP contribution in [-0.4, -0.2) is 139 Å². The van der Waals surface area contributed by atoms with E-state index >= 15 is 0 Å². The van der Waals surface area contributed by atoms with Crippen molar-refractivity contribution in [3.05, 3.63) is 0 Å². The number of unbranched alkanes of at least 4 members (excludes halogenated alkanes) is 1. The Bertz CT molecular complexity index is 453. The third-order valence-corrected chi connectivity index (χ3v) is 4.42. The number of carboxylic acids is 3. The van der Waals surface area contributed by atoms with Crippen LogP contribution in [0.15, 0.2) is 0 Å². The highest BCUT2D eigenvalue weighted by Gasteiger charge is 1.89. The molecule has 0 aliphatic heterocycles. The van der Waals surface area contributed by atoms with Crippen LogP contribution in [0.25, 0.3) is 0 Å². The Morgan fingerprint density at radius 2 is 0.667 bits per heavy atom. The molecule has 0 spiro atoms. The van der Waals surface area contributed by atoms with Crippen molar-refractivity contribution in [2.24, 2.45) is 0 Å². The van der Waals surface area contributed by atoms with Crippen molar-refractivity contribution in [3.8, 4) is 0 Å². The van der Waals surface area contributed by atoms with Gasteiger partial charge in [-0.05, 0) is 25.7 Å². The van der Waals surface area contributed by atoms with Gasteiger partial charge in [-0.15, -0.1) is 0 Å². The van der Waals surface area contributed by atoms with Crippen LogP contribution in [0.3, 0.4) is 0 Å². The van der Waals surface area contributed by atoms with Gasteiger partial charge in [0.2, 0.25) is 0 Å². The fraction of sp³-hybridized carbons (Fsp3) is 0.889. The number of hydrogen-bond acceptors (Lipinski definition) is 12. The van der Waals surface area contributed by atoms with Crippen LogP contribution in [0, 0.1) is 0 Å². The number of carboxylic acid groups (broad SMARTS) is 3. The normalized spacial score (nSPS) is 9.50. The Labute approximate surface area is 252 Å². The van der Waals surface area contributed by atoms with Gasteiger partial charge in [0.15, 0.2) is 0 Å². The maximum Gasteiger partial charge on any atom is 0.0993 e. The monoisotopic (exact) mass is 619 g/mol. The third-order valence-electron chi connectivity index (χ3n) is 4.42. The van der Waals surface area contributed by atoms with Crippen molar-refractivity contribution < 1.29 is 74.1 Å². The van der Waals surface area contributed by atoms with Crippen LogP contribution in [0.1, 0.15) is 39.0 Å². The summed E-state index contributed by atoms with van der Waals surface area (Å²) in [6.07, 6.45) is 0.928. The number of carbonyl (C=O) groups excluding carboxylic acids is 3. The Morgan fingerprint density at radius 1 is 0.452 bits per heavy atom. The first kappa shape index (κ1) is 49.7. The van der Waals surface area contributed by atoms with Crippen molar-refractivity contribution in [3.63, 3.8) is 0 Å². The summed E-state index contributed by atoms with van der Waals surface area (Å²) in [4.78, 5) is 28.7. The van der Waals surface area contributed by atoms with E-state index in [1.54, 1.807) is 42.7 Å². The summed E-state index contributed by atoms with van der Waals surface area (Å²) in [5.41, 5.74) is 0. The largest absolute Gasteiger partial charge is 0.550 e. The summed E-state index contributed by atoms with van der Waals surface area (Å²) in [6, 6.07) is 0. The lowest BCUT2D eigenvalue weighted by atomic mass is 10.3. The maximum atomic E-state index is 9.65. The van der Waals surface area contributed by atoms with Crippen LogP contribution >= 0.6 is 0 Å². The van der Waals surface area contributed by atoms with Gasteiger partial charge in [-0.3, -0.25) is 0 Å². The molecule has 0 aromatic heterocycles. The van der Waals surface area contributed by atoms with Gasteiger partial charge < -0.3 is 74.1 Å². The number of aliphatic carboxylic acids is 3. The zero-order valence-electron chi connectivity index (χ0n) is 27.2. The van der Waals surface area contributed by atoms with E-state index in [-0.39, 0.29) is 6.42 Å². The Morgan fingerprint density at radius 3 is 0.786 bits per heavy atom. The summed E-state index contributed by atoms with van der Waals surface area (Å²) in [6.45, 7) is 13.1. The van der Waals surface area contributed by atoms with Crippen LogP contribution < -0.4 is 31.3 Å². The minimum absolute atomic E-state index is 0.205. The van der Waals surface area contributed by atoms with E-state index in [0.717, 1.165) is 91.8 Å². The van der Waals surface area contributed by atoms with E-state index in [1.165, 1.54) is 0 Å². The smallest absolute Gasteiger partial charge is 0.0993 e. The molecule has 0 aromatic rings. The number of quaternary nitrogens is 3. The summed E-state index contributed by atoms with van der Waals surface area (Å²) in [5.74, 6) is -3.68. The molecule has 256 valence electrons. The molecule has 0 aliphatic carbocycles. The lowest BCUT2D eigenvalue weighted by molar-refractivity contribution is -0.657. The minimum Gasteiger partial charge on any atom is -0.550 e. The molecule has 0 atom stereocenters. The van der Waals surface area contributed by atoms with Crippen LogP contribution in [0.5, 0.6) is 0 Å². The average molecular weight is 620 g/mol. The SMILES string of the molecule is CCCCC(=O)[O-].COCC[NH2+]CCOC.COCC[NH2+]CCOC.COCC[NH2+]CCOC.O=C([O-])CCC(=O)[O-]. The fourth-order valence-electron chi connectivity index (χ4n) is 2.17. The van der Waals surface area contributed by atoms with Gasteiger partial charge in [-0.25, -0.2) is 0 Å². The molecule has 0 saturated carbocycles. The van der Waals surface area contributed by atoms with Crippen molar-refractivity contribution in [2.45, 2.75) is 39.0 Å². The zero-order chi connectivity index (χ0) is 33.1. The van der Waals surface area contributed by atoms with E-state index < -0.39 is 30.7 Å². The topological polar surface area (TPSA) is 226 Å². The second-order valence-corrected chi connectivity index (χ2v) is 8.27. The zero-order valence-corrected chi connectivity index (χ0v) is 27.2. The van der Waals surface area contributed by atoms with Gasteiger partial charge in [0.1, 0.15) is 0 Å². The quantitative estimate of drug-likeness (QED) is 0.0858. The number of ether oxygens (including phenoxy) is 6. The van der Waals surface area contributed by atoms with E-state index in [0.29, 0.717) is 0 Å². The van der Waals surface area contributed by atoms with Gasteiger partial charge in [0, 0.05) is 60.6 Å². The van der Waals surface area contributed by atoms with Crippen molar-refractivity contribution in [2.75, 3.05) is 122 Å². The third kappa shape index (κ3) is 83.2. The molecule has 0 saturated heterocycles. The fourth-order valence-corrected chi connectivity index (χ4v) is 2.17. The van der Waals surface area contributed by atoms with Crippen LogP contribution in [0.2, 0.25) is 0 Å². The van der Waals surface area contributed by atoms with Gasteiger partial charge in [-0.1, -0.05) is 13.3 Å². The van der Waals surface area contributed by atoms with Gasteiger partial charge >= 0.3 is 0 Å². The van der Waals surface area contributed by atoms with Crippen LogP contribution in [-0.2, 0) is 42.8 Å². The lowest BCUT2D eigenvalue weighted by Gasteiger charge is -2.00. The number of hydrogen-bond donors (Lipinski definition) is 3. The molecule has 0 rings (SSSR count). The van der Waals surface area contributed by atoms with Crippen molar-refractivity contribution in [1.82, 2.24) is 0 Å². The predicted octanol–water partition coefficient (Wildman–Crippen LogP) is -6.28. The Hall–Kier alpha value is -1.95. The Balaban J connectivity index is -0.000000136. The molecule has 0 radical (unpaired) electrons. The van der Waals surface area contributed by atoms with E-state index in [9.17, 15) is 29.7 Å². The van der Waals surface area contributed by atoms with Gasteiger partial charge in [-0.2, -0.15) is 0 Å². The molecular formula is C27H61N3O12. The molecule has 0 aliphatic rings. The molecule has 0 aromatic carbocycles. The molecule has 0 bridgehead atoms. The molecule has 15 heteroatoms. The first-order valence-electron chi connectivity index (χ1n) is 14.1. The highest BCUT2D eigenvalue weighted by molar-refractivity contribution is 5.72. The van der Waals surface area contributed by atoms with Gasteiger partial charge in [0.05, 0.1) is 78.9 Å². The number of rotatable bonds is 24. The van der Waals surface area contributed by atoms with E-state index in [4.69, 9.17) is 28.4 Å². The second kappa shape index (κ2) is 51.8. The molecule has 0 heterocycles. The summed E-state index contributed by atoms with van der Waals surface area (Å²) < 4.78 is 29.1. The number of nitrogens with two attached hydrogens (primary N) is 3. The van der Waals surface area contributed by atoms with E-state index in [2.05, 4.69) is 16.0 Å². The molecular weight excluding hydrogens is 558 g/mol. The second-order valence-electron chi connectivity index (χ2n) is 8.27. The average Bonchev–Trinajstić information content (AvgIpc) is 2.96. The molecule has 0 amide bonds. The van der Waals surface area contributed by atoms with Crippen molar-refractivity contribution >= 4 is 17.9 Å². The highest BCUT2D eigenvalue weighted by Crippen LogP contribution is 1.89. The molecule has 6 N–H and O–H groups in total. The number of carbonyl (C=O) groups is 3. The molecule has 0 unspecified atom stereocenters. The first-order chi connectivity index (χ1) is 20.1. The predicted molar refractivity (Wildman–Crippen MR) is 150 cm³/mol. The molecule has 42 heavy (non-hydrogen) atoms. The molecule has 15 nitrogen and oxygen atoms in total. The maximum absolute atomic E-state index is 9.65. The van der Waals surface area contributed by atoms with E-state index in [1.807, 2.05) is 6.92 Å². The summed E-state index contributed by atoms with van der Waals surface area (Å²) in [7, 11) is 10.3. The van der Waals surface area contributed by atoms with Gasteiger partial charge in [0.25, 0.3) is 0 Å². The van der Waals surface area contributed by atoms with Crippen LogP contribution in [0.4, 0.5) is 0 Å². The first-order valence-corrected chi connectivity index (χ1v) is 14.1. The summed E-state index contributed by atoms with van der Waals surface area (Å²) in [5, 5.41) is 35.2. The standard InChI is InChI=1S/3C6H15NO2.C5H10O2.C4H6O4/c3*1-8-5-3-7-4-6-9-2;1-2-3-4-5(6)7;5-3(6)1-2-4(7)8/h3*7H,3-6H2,1-2H3;2-4H2,1H3,(H,6,7);1-2H2,(H,5,6)(H,7,8). The molecule has 0 fully saturated rings. The number of methoxy groups -OCH3 is 6. The van der Waals surface area contributed by atoms with Crippen molar-refractivity contribution in [1.29, 1.82) is 0 Å². The Kier molecular flexibility index (Phi) is 61.3. The highest BCUT2D eigenvalue weighted by atomic mass is 16.5.